The highest BCUT2D eigenvalue weighted by Crippen LogP contribution is 2.26. The zero-order valence-electron chi connectivity index (χ0n) is 11.4. The number of rotatable bonds is 1. The number of halogens is 1. The van der Waals surface area contributed by atoms with Crippen molar-refractivity contribution in [1.29, 1.82) is 0 Å². The van der Waals surface area contributed by atoms with Gasteiger partial charge in [0, 0.05) is 26.2 Å². The van der Waals surface area contributed by atoms with Gasteiger partial charge >= 0.3 is 0 Å². The van der Waals surface area contributed by atoms with Gasteiger partial charge in [-0.25, -0.2) is 4.68 Å². The molecule has 1 aromatic rings. The minimum absolute atomic E-state index is 0.00845. The largest absolute Gasteiger partial charge is 0.336 e. The van der Waals surface area contributed by atoms with Gasteiger partial charge in [-0.05, 0) is 31.4 Å². The summed E-state index contributed by atoms with van der Waals surface area (Å²) < 4.78 is 1.34. The molecule has 2 atom stereocenters. The molecule has 2 aliphatic heterocycles. The zero-order valence-corrected chi connectivity index (χ0v) is 12.2. The van der Waals surface area contributed by atoms with E-state index in [0.717, 1.165) is 19.4 Å². The Hall–Kier alpha value is -1.63. The van der Waals surface area contributed by atoms with Crippen LogP contribution in [0.25, 0.3) is 0 Å². The summed E-state index contributed by atoms with van der Waals surface area (Å²) in [6, 6.07) is -0.346. The van der Waals surface area contributed by atoms with Gasteiger partial charge in [-0.2, -0.15) is 4.98 Å². The van der Waals surface area contributed by atoms with Crippen LogP contribution in [0.3, 0.4) is 0 Å². The van der Waals surface area contributed by atoms with Crippen molar-refractivity contribution in [3.63, 3.8) is 0 Å². The molecule has 108 valence electrons. The molecule has 2 saturated heterocycles. The van der Waals surface area contributed by atoms with E-state index in [-0.39, 0.29) is 29.0 Å². The second-order valence-electron chi connectivity index (χ2n) is 5.29. The number of carbonyl (C=O) groups is 2. The Labute approximate surface area is 121 Å². The van der Waals surface area contributed by atoms with Crippen LogP contribution in [0.4, 0.5) is 0 Å². The van der Waals surface area contributed by atoms with Crippen molar-refractivity contribution in [2.75, 3.05) is 13.1 Å². The smallest absolute Gasteiger partial charge is 0.294 e. The number of aromatic nitrogens is 3. The number of hydrogen-bond acceptors (Lipinski definition) is 4. The number of carbonyl (C=O) groups excluding carboxylic acids is 2. The number of piperazine rings is 1. The minimum atomic E-state index is -0.473. The van der Waals surface area contributed by atoms with E-state index in [9.17, 15) is 9.59 Å². The summed E-state index contributed by atoms with van der Waals surface area (Å²) in [6.45, 7) is 3.09. The lowest BCUT2D eigenvalue weighted by molar-refractivity contribution is -0.141. The van der Waals surface area contributed by atoms with E-state index in [2.05, 4.69) is 10.1 Å². The summed E-state index contributed by atoms with van der Waals surface area (Å²) in [7, 11) is 1.62. The summed E-state index contributed by atoms with van der Waals surface area (Å²) >= 11 is 5.81. The van der Waals surface area contributed by atoms with Gasteiger partial charge in [0.1, 0.15) is 6.04 Å². The molecule has 0 radical (unpaired) electrons. The molecule has 3 heterocycles. The third kappa shape index (κ3) is 1.96. The van der Waals surface area contributed by atoms with Gasteiger partial charge in [0.25, 0.3) is 5.91 Å². The highest BCUT2D eigenvalue weighted by Gasteiger charge is 2.43. The fourth-order valence-corrected chi connectivity index (χ4v) is 3.04. The third-order valence-electron chi connectivity index (χ3n) is 4.05. The van der Waals surface area contributed by atoms with Crippen molar-refractivity contribution < 1.29 is 9.59 Å². The number of aryl methyl sites for hydroxylation is 1. The van der Waals surface area contributed by atoms with Crippen molar-refractivity contribution in [3.8, 4) is 0 Å². The van der Waals surface area contributed by atoms with E-state index in [1.807, 2.05) is 4.90 Å². The van der Waals surface area contributed by atoms with Gasteiger partial charge in [-0.15, -0.1) is 5.10 Å². The molecule has 1 aromatic heterocycles. The van der Waals surface area contributed by atoms with Crippen molar-refractivity contribution in [2.45, 2.75) is 31.8 Å². The number of amides is 2. The molecule has 0 aliphatic carbocycles. The molecule has 3 rings (SSSR count). The molecule has 2 amide bonds. The summed E-state index contributed by atoms with van der Waals surface area (Å²) in [5, 5.41) is 4.15. The first-order valence-electron chi connectivity index (χ1n) is 6.67. The average molecular weight is 298 g/mol. The van der Waals surface area contributed by atoms with E-state index < -0.39 is 6.04 Å². The topological polar surface area (TPSA) is 71.3 Å². The van der Waals surface area contributed by atoms with Gasteiger partial charge in [0.15, 0.2) is 0 Å². The van der Waals surface area contributed by atoms with Crippen molar-refractivity contribution >= 4 is 23.4 Å². The maximum Gasteiger partial charge on any atom is 0.294 e. The monoisotopic (exact) mass is 297 g/mol. The number of nitrogens with zero attached hydrogens (tertiary/aromatic N) is 5. The van der Waals surface area contributed by atoms with Crippen LogP contribution in [0.1, 0.15) is 30.4 Å². The Morgan fingerprint density at radius 3 is 2.85 bits per heavy atom. The number of hydrogen-bond donors (Lipinski definition) is 0. The van der Waals surface area contributed by atoms with E-state index >= 15 is 0 Å². The molecule has 0 unspecified atom stereocenters. The van der Waals surface area contributed by atoms with Gasteiger partial charge < -0.3 is 9.80 Å². The Morgan fingerprint density at radius 2 is 2.20 bits per heavy atom. The standard InChI is InChI=1S/C12H16ClN5O2/c1-7-10(19)17-5-3-4-8(17)6-18(7)11(20)9-14-12(13)16(2)15-9/h7-8H,3-6H2,1-2H3/t7-,8-/m0/s1. The fourth-order valence-electron chi connectivity index (χ4n) is 2.92. The van der Waals surface area contributed by atoms with E-state index in [0.29, 0.717) is 6.54 Å². The predicted molar refractivity (Wildman–Crippen MR) is 71.2 cm³/mol. The van der Waals surface area contributed by atoms with Crippen molar-refractivity contribution in [2.24, 2.45) is 7.05 Å². The molecular formula is C12H16ClN5O2. The lowest BCUT2D eigenvalue weighted by Gasteiger charge is -2.41. The molecule has 20 heavy (non-hydrogen) atoms. The lowest BCUT2D eigenvalue weighted by Crippen LogP contribution is -2.60. The molecule has 2 aliphatic rings. The first-order chi connectivity index (χ1) is 9.49. The Bertz CT molecular complexity index is 553. The van der Waals surface area contributed by atoms with Gasteiger partial charge in [0.2, 0.25) is 17.0 Å². The molecule has 0 bridgehead atoms. The molecular weight excluding hydrogens is 282 g/mol. The summed E-state index contributed by atoms with van der Waals surface area (Å²) in [6.07, 6.45) is 1.94. The summed E-state index contributed by atoms with van der Waals surface area (Å²) in [5.41, 5.74) is 0. The first kappa shape index (κ1) is 13.4. The minimum Gasteiger partial charge on any atom is -0.336 e. The SMILES string of the molecule is C[C@H]1C(=O)N2CCC[C@H]2CN1C(=O)c1nc(Cl)n(C)n1. The van der Waals surface area contributed by atoms with Gasteiger partial charge in [0.05, 0.1) is 0 Å². The van der Waals surface area contributed by atoms with Crippen LogP contribution < -0.4 is 0 Å². The van der Waals surface area contributed by atoms with Crippen LogP contribution >= 0.6 is 11.6 Å². The maximum atomic E-state index is 12.5. The molecule has 7 nitrogen and oxygen atoms in total. The average Bonchev–Trinajstić information content (AvgIpc) is 3.01. The molecule has 0 N–H and O–H groups in total. The number of fused-ring (bicyclic) bond motifs is 1. The zero-order chi connectivity index (χ0) is 14.4. The highest BCUT2D eigenvalue weighted by molar-refractivity contribution is 6.28. The van der Waals surface area contributed by atoms with E-state index in [1.165, 1.54) is 4.68 Å². The molecule has 0 saturated carbocycles. The summed E-state index contributed by atoms with van der Waals surface area (Å²) in [4.78, 5) is 32.1. The van der Waals surface area contributed by atoms with Crippen LogP contribution in [-0.4, -0.2) is 61.6 Å². The van der Waals surface area contributed by atoms with Crippen LogP contribution in [0.2, 0.25) is 5.28 Å². The van der Waals surface area contributed by atoms with E-state index in [4.69, 9.17) is 11.6 Å². The normalized spacial score (nSPS) is 26.1. The molecule has 8 heteroatoms. The third-order valence-corrected chi connectivity index (χ3v) is 4.38. The van der Waals surface area contributed by atoms with Crippen molar-refractivity contribution in [1.82, 2.24) is 24.6 Å². The predicted octanol–water partition coefficient (Wildman–Crippen LogP) is 0.304. The second kappa shape index (κ2) is 4.73. The molecule has 0 spiro atoms. The highest BCUT2D eigenvalue weighted by atomic mass is 35.5. The summed E-state index contributed by atoms with van der Waals surface area (Å²) in [5.74, 6) is -0.280. The second-order valence-corrected chi connectivity index (χ2v) is 5.63. The Balaban J connectivity index is 1.85. The molecule has 0 aromatic carbocycles. The first-order valence-corrected chi connectivity index (χ1v) is 7.05. The van der Waals surface area contributed by atoms with Gasteiger partial charge in [-0.1, -0.05) is 0 Å². The van der Waals surface area contributed by atoms with Gasteiger partial charge in [-0.3, -0.25) is 9.59 Å². The van der Waals surface area contributed by atoms with Crippen LogP contribution in [0, 0.1) is 0 Å². The van der Waals surface area contributed by atoms with Crippen LogP contribution in [-0.2, 0) is 11.8 Å². The fraction of sp³-hybridized carbons (Fsp3) is 0.667. The maximum absolute atomic E-state index is 12.5. The lowest BCUT2D eigenvalue weighted by atomic mass is 10.1. The van der Waals surface area contributed by atoms with Crippen LogP contribution in [0.5, 0.6) is 0 Å². The Kier molecular flexibility index (Phi) is 3.16. The Morgan fingerprint density at radius 1 is 1.45 bits per heavy atom. The quantitative estimate of drug-likeness (QED) is 0.748. The van der Waals surface area contributed by atoms with Crippen LogP contribution in [0.15, 0.2) is 0 Å². The molecule has 2 fully saturated rings. The van der Waals surface area contributed by atoms with E-state index in [1.54, 1.807) is 18.9 Å². The van der Waals surface area contributed by atoms with Crippen molar-refractivity contribution in [3.05, 3.63) is 11.1 Å².